The molecule has 0 saturated heterocycles. The summed E-state index contributed by atoms with van der Waals surface area (Å²) >= 11 is 3.33. The van der Waals surface area contributed by atoms with Crippen LogP contribution >= 0.6 is 15.9 Å². The lowest BCUT2D eigenvalue weighted by molar-refractivity contribution is -0.384. The number of benzene rings is 1. The Hall–Kier alpha value is -1.89. The maximum atomic E-state index is 10.7. The van der Waals surface area contributed by atoms with E-state index < -0.39 is 4.92 Å². The van der Waals surface area contributed by atoms with Gasteiger partial charge in [0.1, 0.15) is 0 Å². The molecule has 0 spiro atoms. The van der Waals surface area contributed by atoms with Crippen LogP contribution in [0.4, 0.5) is 11.4 Å². The molecule has 2 rings (SSSR count). The van der Waals surface area contributed by atoms with Crippen LogP contribution in [0.1, 0.15) is 25.5 Å². The van der Waals surface area contributed by atoms with Crippen molar-refractivity contribution in [2.45, 2.75) is 26.4 Å². The average molecular weight is 339 g/mol. The highest BCUT2D eigenvalue weighted by Crippen LogP contribution is 2.27. The van der Waals surface area contributed by atoms with E-state index in [1.165, 1.54) is 12.1 Å². The van der Waals surface area contributed by atoms with Crippen LogP contribution in [0.25, 0.3) is 0 Å². The van der Waals surface area contributed by atoms with E-state index in [2.05, 4.69) is 40.2 Å². The summed E-state index contributed by atoms with van der Waals surface area (Å²) in [6, 6.07) is 4.98. The fraction of sp³-hybridized carbons (Fsp3) is 0.308. The van der Waals surface area contributed by atoms with Crippen LogP contribution in [0.3, 0.4) is 0 Å². The second kappa shape index (κ2) is 6.04. The maximum absolute atomic E-state index is 10.7. The van der Waals surface area contributed by atoms with Crippen molar-refractivity contribution in [1.29, 1.82) is 0 Å². The zero-order valence-electron chi connectivity index (χ0n) is 11.2. The number of aromatic nitrogens is 2. The lowest BCUT2D eigenvalue weighted by Gasteiger charge is -2.07. The van der Waals surface area contributed by atoms with Crippen LogP contribution in [0.15, 0.2) is 35.1 Å². The van der Waals surface area contributed by atoms with E-state index in [0.717, 1.165) is 11.3 Å². The average Bonchev–Trinajstić information content (AvgIpc) is 2.86. The highest BCUT2D eigenvalue weighted by Gasteiger charge is 2.09. The normalized spacial score (nSPS) is 10.8. The maximum Gasteiger partial charge on any atom is 0.270 e. The molecule has 0 amide bonds. The van der Waals surface area contributed by atoms with Gasteiger partial charge in [0.05, 0.1) is 11.1 Å². The third kappa shape index (κ3) is 3.36. The van der Waals surface area contributed by atoms with Crippen molar-refractivity contribution in [3.8, 4) is 0 Å². The Bertz CT molecular complexity index is 625. The molecule has 106 valence electrons. The molecule has 0 saturated carbocycles. The van der Waals surface area contributed by atoms with E-state index in [9.17, 15) is 10.1 Å². The van der Waals surface area contributed by atoms with Crippen molar-refractivity contribution in [3.05, 3.63) is 50.7 Å². The standard InChI is InChI=1S/C13H15BrN4O2/c1-9(2)17-8-10(7-16-17)6-15-13-4-3-11(18(19)20)5-12(13)14/h3-5,7-9,15H,6H2,1-2H3. The van der Waals surface area contributed by atoms with Crippen LogP contribution in [-0.4, -0.2) is 14.7 Å². The Balaban J connectivity index is 2.05. The van der Waals surface area contributed by atoms with Gasteiger partial charge in [0.15, 0.2) is 0 Å². The first kappa shape index (κ1) is 14.5. The van der Waals surface area contributed by atoms with Crippen molar-refractivity contribution in [2.24, 2.45) is 0 Å². The Kier molecular flexibility index (Phi) is 4.39. The third-order valence-corrected chi connectivity index (χ3v) is 3.49. The predicted octanol–water partition coefficient (Wildman–Crippen LogP) is 3.75. The van der Waals surface area contributed by atoms with E-state index in [-0.39, 0.29) is 5.69 Å². The van der Waals surface area contributed by atoms with Crippen LogP contribution in [0.2, 0.25) is 0 Å². The van der Waals surface area contributed by atoms with Crippen molar-refractivity contribution < 1.29 is 4.92 Å². The summed E-state index contributed by atoms with van der Waals surface area (Å²) in [5.41, 5.74) is 1.94. The molecule has 0 aliphatic heterocycles. The summed E-state index contributed by atoms with van der Waals surface area (Å²) in [5.74, 6) is 0. The van der Waals surface area contributed by atoms with E-state index in [1.54, 1.807) is 6.07 Å². The summed E-state index contributed by atoms with van der Waals surface area (Å²) in [4.78, 5) is 10.2. The Labute approximate surface area is 125 Å². The van der Waals surface area contributed by atoms with E-state index in [0.29, 0.717) is 17.1 Å². The lowest BCUT2D eigenvalue weighted by Crippen LogP contribution is -2.01. The van der Waals surface area contributed by atoms with Crippen molar-refractivity contribution in [2.75, 3.05) is 5.32 Å². The number of nitro groups is 1. The minimum atomic E-state index is -0.415. The van der Waals surface area contributed by atoms with Gasteiger partial charge in [0.2, 0.25) is 0 Å². The van der Waals surface area contributed by atoms with Crippen LogP contribution in [0, 0.1) is 10.1 Å². The SMILES string of the molecule is CC(C)n1cc(CNc2ccc([N+](=O)[O-])cc2Br)cn1. The fourth-order valence-electron chi connectivity index (χ4n) is 1.71. The quantitative estimate of drug-likeness (QED) is 0.665. The molecule has 6 nitrogen and oxygen atoms in total. The number of non-ortho nitro benzene ring substituents is 1. The van der Waals surface area contributed by atoms with Crippen molar-refractivity contribution in [1.82, 2.24) is 9.78 Å². The monoisotopic (exact) mass is 338 g/mol. The van der Waals surface area contributed by atoms with Gasteiger partial charge in [-0.05, 0) is 35.8 Å². The number of halogens is 1. The number of anilines is 1. The molecule has 0 atom stereocenters. The molecule has 0 radical (unpaired) electrons. The number of nitrogens with zero attached hydrogens (tertiary/aromatic N) is 3. The third-order valence-electron chi connectivity index (χ3n) is 2.83. The predicted molar refractivity (Wildman–Crippen MR) is 80.7 cm³/mol. The molecule has 2 aromatic rings. The molecule has 1 N–H and O–H groups in total. The zero-order chi connectivity index (χ0) is 14.7. The Morgan fingerprint density at radius 2 is 2.25 bits per heavy atom. The highest BCUT2D eigenvalue weighted by molar-refractivity contribution is 9.10. The molecule has 0 unspecified atom stereocenters. The van der Waals surface area contributed by atoms with Gasteiger partial charge in [0.25, 0.3) is 5.69 Å². The minimum Gasteiger partial charge on any atom is -0.380 e. The molecule has 0 bridgehead atoms. The summed E-state index contributed by atoms with van der Waals surface area (Å²) in [6.07, 6.45) is 3.79. The Morgan fingerprint density at radius 3 is 2.80 bits per heavy atom. The van der Waals surface area contributed by atoms with Gasteiger partial charge < -0.3 is 5.32 Å². The largest absolute Gasteiger partial charge is 0.380 e. The van der Waals surface area contributed by atoms with E-state index in [1.807, 2.05) is 17.1 Å². The first-order valence-corrected chi connectivity index (χ1v) is 6.97. The number of nitrogens with one attached hydrogen (secondary N) is 1. The number of hydrogen-bond donors (Lipinski definition) is 1. The van der Waals surface area contributed by atoms with Gasteiger partial charge in [-0.25, -0.2) is 0 Å². The van der Waals surface area contributed by atoms with Gasteiger partial charge >= 0.3 is 0 Å². The van der Waals surface area contributed by atoms with Gasteiger partial charge in [-0.3, -0.25) is 14.8 Å². The molecule has 7 heteroatoms. The van der Waals surface area contributed by atoms with Crippen LogP contribution < -0.4 is 5.32 Å². The summed E-state index contributed by atoms with van der Waals surface area (Å²) in [5, 5.41) is 18.2. The first-order chi connectivity index (χ1) is 9.47. The van der Waals surface area contributed by atoms with Crippen LogP contribution in [0.5, 0.6) is 0 Å². The number of hydrogen-bond acceptors (Lipinski definition) is 4. The van der Waals surface area contributed by atoms with Gasteiger partial charge in [-0.1, -0.05) is 0 Å². The fourth-order valence-corrected chi connectivity index (χ4v) is 2.22. The van der Waals surface area contributed by atoms with Gasteiger partial charge in [0, 0.05) is 46.6 Å². The van der Waals surface area contributed by atoms with Crippen molar-refractivity contribution >= 4 is 27.3 Å². The zero-order valence-corrected chi connectivity index (χ0v) is 12.8. The van der Waals surface area contributed by atoms with E-state index >= 15 is 0 Å². The molecule has 0 aliphatic rings. The van der Waals surface area contributed by atoms with E-state index in [4.69, 9.17) is 0 Å². The van der Waals surface area contributed by atoms with Gasteiger partial charge in [-0.15, -0.1) is 0 Å². The first-order valence-electron chi connectivity index (χ1n) is 6.18. The molecule has 0 fully saturated rings. The molecule has 0 aliphatic carbocycles. The minimum absolute atomic E-state index is 0.0649. The topological polar surface area (TPSA) is 73.0 Å². The smallest absolute Gasteiger partial charge is 0.270 e. The second-order valence-electron chi connectivity index (χ2n) is 4.70. The number of rotatable bonds is 5. The van der Waals surface area contributed by atoms with Crippen molar-refractivity contribution in [3.63, 3.8) is 0 Å². The summed E-state index contributed by atoms with van der Waals surface area (Å²) in [7, 11) is 0. The molecule has 20 heavy (non-hydrogen) atoms. The molecule has 1 aromatic carbocycles. The Morgan fingerprint density at radius 1 is 1.50 bits per heavy atom. The molecule has 1 heterocycles. The highest BCUT2D eigenvalue weighted by atomic mass is 79.9. The summed E-state index contributed by atoms with van der Waals surface area (Å²) < 4.78 is 2.56. The summed E-state index contributed by atoms with van der Waals surface area (Å²) in [6.45, 7) is 4.75. The molecule has 1 aromatic heterocycles. The molecular formula is C13H15BrN4O2. The lowest BCUT2D eigenvalue weighted by atomic mass is 10.2. The van der Waals surface area contributed by atoms with Gasteiger partial charge in [-0.2, -0.15) is 5.10 Å². The second-order valence-corrected chi connectivity index (χ2v) is 5.55. The van der Waals surface area contributed by atoms with Crippen LogP contribution in [-0.2, 0) is 6.54 Å². The number of nitro benzene ring substituents is 1. The molecular weight excluding hydrogens is 324 g/mol.